The molecule has 3 rings (SSSR count). The highest BCUT2D eigenvalue weighted by Gasteiger charge is 2.61. The van der Waals surface area contributed by atoms with E-state index in [1.165, 1.54) is 19.3 Å². The number of aliphatic hydroxyl groups is 1. The summed E-state index contributed by atoms with van der Waals surface area (Å²) in [5.41, 5.74) is 1.79. The molecule has 2 bridgehead atoms. The van der Waals surface area contributed by atoms with Crippen molar-refractivity contribution in [2.75, 3.05) is 0 Å². The van der Waals surface area contributed by atoms with Gasteiger partial charge in [0.15, 0.2) is 0 Å². The lowest BCUT2D eigenvalue weighted by molar-refractivity contribution is 0.0836. The summed E-state index contributed by atoms with van der Waals surface area (Å²) in [7, 11) is 0. The van der Waals surface area contributed by atoms with Crippen LogP contribution in [0, 0.1) is 16.7 Å². The number of aliphatic hydroxyl groups excluding tert-OH is 1. The van der Waals surface area contributed by atoms with Gasteiger partial charge in [-0.2, -0.15) is 0 Å². The Morgan fingerprint density at radius 2 is 1.86 bits per heavy atom. The van der Waals surface area contributed by atoms with Crippen molar-refractivity contribution >= 4 is 0 Å². The molecule has 21 heavy (non-hydrogen) atoms. The predicted molar refractivity (Wildman–Crippen MR) is 87.0 cm³/mol. The average molecular weight is 287 g/mol. The molecule has 0 aromatic heterocycles. The van der Waals surface area contributed by atoms with Crippen molar-refractivity contribution in [3.63, 3.8) is 0 Å². The van der Waals surface area contributed by atoms with Crippen LogP contribution >= 0.6 is 0 Å². The Morgan fingerprint density at radius 3 is 2.38 bits per heavy atom. The van der Waals surface area contributed by atoms with Crippen molar-refractivity contribution in [2.45, 2.75) is 65.1 Å². The Balaban J connectivity index is 1.71. The molecule has 2 nitrogen and oxygen atoms in total. The highest BCUT2D eigenvalue weighted by molar-refractivity contribution is 5.19. The normalized spacial score (nSPS) is 36.6. The highest BCUT2D eigenvalue weighted by Crippen LogP contribution is 2.65. The zero-order valence-corrected chi connectivity index (χ0v) is 13.8. The first kappa shape index (κ1) is 15.1. The van der Waals surface area contributed by atoms with E-state index in [0.717, 1.165) is 11.5 Å². The second kappa shape index (κ2) is 5.10. The number of nitrogens with one attached hydrogen (secondary N) is 1. The van der Waals surface area contributed by atoms with Crippen LogP contribution in [0.1, 0.15) is 58.6 Å². The van der Waals surface area contributed by atoms with Gasteiger partial charge in [0.1, 0.15) is 0 Å². The minimum Gasteiger partial charge on any atom is -0.387 e. The van der Waals surface area contributed by atoms with E-state index in [0.29, 0.717) is 16.9 Å². The van der Waals surface area contributed by atoms with Crippen LogP contribution in [0.2, 0.25) is 0 Å². The largest absolute Gasteiger partial charge is 0.387 e. The third kappa shape index (κ3) is 2.24. The molecule has 3 unspecified atom stereocenters. The first-order chi connectivity index (χ1) is 9.86. The van der Waals surface area contributed by atoms with Gasteiger partial charge in [0.2, 0.25) is 0 Å². The minimum atomic E-state index is -0.433. The van der Waals surface area contributed by atoms with Gasteiger partial charge >= 0.3 is 0 Å². The van der Waals surface area contributed by atoms with Gasteiger partial charge in [0.25, 0.3) is 0 Å². The molecule has 5 atom stereocenters. The van der Waals surface area contributed by atoms with E-state index in [1.54, 1.807) is 0 Å². The monoisotopic (exact) mass is 287 g/mol. The fourth-order valence-electron chi connectivity index (χ4n) is 4.80. The van der Waals surface area contributed by atoms with E-state index >= 15 is 0 Å². The van der Waals surface area contributed by atoms with Gasteiger partial charge in [-0.1, -0.05) is 51.1 Å². The number of hydrogen-bond acceptors (Lipinski definition) is 2. The smallest absolute Gasteiger partial charge is 0.0940 e. The van der Waals surface area contributed by atoms with E-state index in [1.807, 2.05) is 30.3 Å². The second-order valence-electron chi connectivity index (χ2n) is 7.97. The van der Waals surface area contributed by atoms with Crippen LogP contribution in [0.3, 0.4) is 0 Å². The van der Waals surface area contributed by atoms with E-state index in [2.05, 4.69) is 33.0 Å². The highest BCUT2D eigenvalue weighted by atomic mass is 16.3. The van der Waals surface area contributed by atoms with Crippen LogP contribution in [0.15, 0.2) is 30.3 Å². The molecular formula is C19H29NO. The molecule has 2 fully saturated rings. The summed E-state index contributed by atoms with van der Waals surface area (Å²) in [5.74, 6) is 0.834. The lowest BCUT2D eigenvalue weighted by atomic mass is 9.69. The number of rotatable bonds is 4. The fraction of sp³-hybridized carbons (Fsp3) is 0.684. The predicted octanol–water partition coefficient (Wildman–Crippen LogP) is 3.91. The zero-order chi connectivity index (χ0) is 15.3. The first-order valence-electron chi connectivity index (χ1n) is 8.35. The Labute approximate surface area is 129 Å². The van der Waals surface area contributed by atoms with Gasteiger partial charge in [-0.3, -0.25) is 0 Å². The number of benzene rings is 1. The van der Waals surface area contributed by atoms with Crippen LogP contribution in [0.25, 0.3) is 0 Å². The first-order valence-corrected chi connectivity index (χ1v) is 8.35. The Bertz CT molecular complexity index is 498. The number of fused-ring (bicyclic) bond motifs is 2. The molecule has 1 aromatic rings. The van der Waals surface area contributed by atoms with Crippen molar-refractivity contribution < 1.29 is 5.11 Å². The topological polar surface area (TPSA) is 32.3 Å². The van der Waals surface area contributed by atoms with Crippen molar-refractivity contribution in [1.82, 2.24) is 5.32 Å². The van der Waals surface area contributed by atoms with Crippen LogP contribution < -0.4 is 5.32 Å². The second-order valence-corrected chi connectivity index (χ2v) is 7.97. The van der Waals surface area contributed by atoms with Crippen LogP contribution in [0.5, 0.6) is 0 Å². The summed E-state index contributed by atoms with van der Waals surface area (Å²) < 4.78 is 0. The molecule has 0 amide bonds. The minimum absolute atomic E-state index is 0.0874. The SMILES string of the molecule is C[C@H](NC1CC2CCC1(C)C2(C)C)[C@@H](O)c1ccccc1. The van der Waals surface area contributed by atoms with Crippen LogP contribution in [0.4, 0.5) is 0 Å². The molecule has 2 saturated carbocycles. The lowest BCUT2D eigenvalue weighted by Crippen LogP contribution is -2.49. The van der Waals surface area contributed by atoms with Gasteiger partial charge in [-0.25, -0.2) is 0 Å². The van der Waals surface area contributed by atoms with Crippen molar-refractivity contribution in [1.29, 1.82) is 0 Å². The quantitative estimate of drug-likeness (QED) is 0.880. The Kier molecular flexibility index (Phi) is 3.66. The van der Waals surface area contributed by atoms with E-state index in [9.17, 15) is 5.11 Å². The van der Waals surface area contributed by atoms with E-state index in [4.69, 9.17) is 0 Å². The molecule has 0 heterocycles. The maximum Gasteiger partial charge on any atom is 0.0940 e. The molecule has 0 saturated heterocycles. The standard InChI is InChI=1S/C19H29NO/c1-13(17(21)14-8-6-5-7-9-14)20-16-12-15-10-11-19(16,4)18(15,2)3/h5-9,13,15-17,20-21H,10-12H2,1-4H3/t13-,15?,16?,17+,19?/m0/s1. The van der Waals surface area contributed by atoms with Gasteiger partial charge < -0.3 is 10.4 Å². The van der Waals surface area contributed by atoms with Crippen molar-refractivity contribution in [3.8, 4) is 0 Å². The van der Waals surface area contributed by atoms with Gasteiger partial charge in [0, 0.05) is 12.1 Å². The average Bonchev–Trinajstić information content (AvgIpc) is 2.80. The third-order valence-corrected chi connectivity index (χ3v) is 6.87. The van der Waals surface area contributed by atoms with Crippen molar-refractivity contribution in [2.24, 2.45) is 16.7 Å². The maximum absolute atomic E-state index is 10.6. The van der Waals surface area contributed by atoms with E-state index < -0.39 is 6.10 Å². The zero-order valence-electron chi connectivity index (χ0n) is 13.8. The molecule has 1 aromatic carbocycles. The van der Waals surface area contributed by atoms with Gasteiger partial charge in [-0.05, 0) is 48.5 Å². The summed E-state index contributed by atoms with van der Waals surface area (Å²) in [6.07, 6.45) is 3.51. The summed E-state index contributed by atoms with van der Waals surface area (Å²) in [4.78, 5) is 0. The summed E-state index contributed by atoms with van der Waals surface area (Å²) >= 11 is 0. The fourth-order valence-corrected chi connectivity index (χ4v) is 4.80. The molecular weight excluding hydrogens is 258 g/mol. The van der Waals surface area contributed by atoms with Crippen molar-refractivity contribution in [3.05, 3.63) is 35.9 Å². The molecule has 2 N–H and O–H groups in total. The molecule has 0 spiro atoms. The summed E-state index contributed by atoms with van der Waals surface area (Å²) in [6, 6.07) is 10.6. The van der Waals surface area contributed by atoms with E-state index in [-0.39, 0.29) is 6.04 Å². The number of hydrogen-bond donors (Lipinski definition) is 2. The van der Waals surface area contributed by atoms with Gasteiger partial charge in [0.05, 0.1) is 6.10 Å². The maximum atomic E-state index is 10.6. The summed E-state index contributed by atoms with van der Waals surface area (Å²) in [5, 5.41) is 14.3. The molecule has 116 valence electrons. The van der Waals surface area contributed by atoms with Gasteiger partial charge in [-0.15, -0.1) is 0 Å². The Hall–Kier alpha value is -0.860. The van der Waals surface area contributed by atoms with Crippen LogP contribution in [-0.4, -0.2) is 17.2 Å². The molecule has 0 aliphatic heterocycles. The van der Waals surface area contributed by atoms with Crippen LogP contribution in [-0.2, 0) is 0 Å². The molecule has 2 aliphatic rings. The third-order valence-electron chi connectivity index (χ3n) is 6.87. The molecule has 2 aliphatic carbocycles. The Morgan fingerprint density at radius 1 is 1.19 bits per heavy atom. The lowest BCUT2D eigenvalue weighted by Gasteiger charge is -2.41. The molecule has 2 heteroatoms. The summed E-state index contributed by atoms with van der Waals surface area (Å²) in [6.45, 7) is 9.43. The molecule has 0 radical (unpaired) electrons.